The molecule has 6 heteroatoms. The van der Waals surface area contributed by atoms with E-state index in [9.17, 15) is 0 Å². The Morgan fingerprint density at radius 2 is 2.22 bits per heavy atom. The van der Waals surface area contributed by atoms with Crippen LogP contribution in [-0.2, 0) is 4.74 Å². The van der Waals surface area contributed by atoms with Gasteiger partial charge >= 0.3 is 0 Å². The summed E-state index contributed by atoms with van der Waals surface area (Å²) in [6, 6.07) is 8.12. The Morgan fingerprint density at radius 3 is 2.94 bits per heavy atom. The fourth-order valence-corrected chi connectivity index (χ4v) is 1.67. The first kappa shape index (κ1) is 12.5. The molecular weight excluding hydrogens is 230 g/mol. The summed E-state index contributed by atoms with van der Waals surface area (Å²) in [6.07, 6.45) is 1.58. The maximum atomic E-state index is 5.39. The molecule has 1 aromatic carbocycles. The Hall–Kier alpha value is -1.95. The van der Waals surface area contributed by atoms with Crippen molar-refractivity contribution in [3.63, 3.8) is 0 Å². The lowest BCUT2D eigenvalue weighted by Crippen LogP contribution is -2.22. The first-order valence-electron chi connectivity index (χ1n) is 5.98. The standard InChI is InChI=1S/C12H17N5O/c1-3-18-8-10(2)14-11-6-4-5-7-12(11)17-9-13-15-16-17/h4-7,9-10,14H,3,8H2,1-2H3. The molecule has 0 amide bonds. The maximum absolute atomic E-state index is 5.39. The Morgan fingerprint density at radius 1 is 1.39 bits per heavy atom. The summed E-state index contributed by atoms with van der Waals surface area (Å²) in [5, 5.41) is 14.6. The number of rotatable bonds is 6. The molecule has 0 aliphatic carbocycles. The smallest absolute Gasteiger partial charge is 0.143 e. The zero-order chi connectivity index (χ0) is 12.8. The van der Waals surface area contributed by atoms with Gasteiger partial charge in [-0.2, -0.15) is 4.68 Å². The Labute approximate surface area is 106 Å². The van der Waals surface area contributed by atoms with E-state index in [0.717, 1.165) is 18.0 Å². The van der Waals surface area contributed by atoms with E-state index in [2.05, 4.69) is 27.8 Å². The van der Waals surface area contributed by atoms with E-state index >= 15 is 0 Å². The van der Waals surface area contributed by atoms with Crippen LogP contribution in [0.2, 0.25) is 0 Å². The van der Waals surface area contributed by atoms with E-state index < -0.39 is 0 Å². The third-order valence-corrected chi connectivity index (χ3v) is 2.47. The lowest BCUT2D eigenvalue weighted by atomic mass is 10.2. The molecule has 0 bridgehead atoms. The molecule has 0 radical (unpaired) electrons. The zero-order valence-corrected chi connectivity index (χ0v) is 10.6. The molecule has 0 saturated heterocycles. The van der Waals surface area contributed by atoms with Crippen molar-refractivity contribution >= 4 is 5.69 Å². The second-order valence-electron chi connectivity index (χ2n) is 3.98. The van der Waals surface area contributed by atoms with Gasteiger partial charge in [0, 0.05) is 12.6 Å². The largest absolute Gasteiger partial charge is 0.380 e. The van der Waals surface area contributed by atoms with Crippen molar-refractivity contribution in [2.24, 2.45) is 0 Å². The van der Waals surface area contributed by atoms with Crippen LogP contribution >= 0.6 is 0 Å². The molecule has 0 spiro atoms. The molecule has 0 fully saturated rings. The predicted molar refractivity (Wildman–Crippen MR) is 68.7 cm³/mol. The van der Waals surface area contributed by atoms with Crippen LogP contribution in [0.15, 0.2) is 30.6 Å². The molecule has 18 heavy (non-hydrogen) atoms. The monoisotopic (exact) mass is 247 g/mol. The number of hydrogen-bond acceptors (Lipinski definition) is 5. The molecule has 1 atom stereocenters. The van der Waals surface area contributed by atoms with Gasteiger partial charge in [-0.05, 0) is 36.4 Å². The Balaban J connectivity index is 2.13. The van der Waals surface area contributed by atoms with Crippen molar-refractivity contribution in [1.29, 1.82) is 0 Å². The summed E-state index contributed by atoms with van der Waals surface area (Å²) in [5.41, 5.74) is 1.91. The Bertz CT molecular complexity index is 471. The minimum absolute atomic E-state index is 0.225. The molecule has 0 aliphatic rings. The molecule has 1 heterocycles. The van der Waals surface area contributed by atoms with Gasteiger partial charge in [0.05, 0.1) is 18.0 Å². The number of nitrogens with one attached hydrogen (secondary N) is 1. The van der Waals surface area contributed by atoms with Crippen LogP contribution in [0.4, 0.5) is 5.69 Å². The fraction of sp³-hybridized carbons (Fsp3) is 0.417. The second-order valence-corrected chi connectivity index (χ2v) is 3.98. The molecule has 0 aliphatic heterocycles. The highest BCUT2D eigenvalue weighted by Crippen LogP contribution is 2.19. The van der Waals surface area contributed by atoms with Gasteiger partial charge in [0.25, 0.3) is 0 Å². The van der Waals surface area contributed by atoms with Gasteiger partial charge in [0.15, 0.2) is 0 Å². The van der Waals surface area contributed by atoms with E-state index in [-0.39, 0.29) is 6.04 Å². The quantitative estimate of drug-likeness (QED) is 0.838. The number of anilines is 1. The summed E-state index contributed by atoms with van der Waals surface area (Å²) in [7, 11) is 0. The third-order valence-electron chi connectivity index (χ3n) is 2.47. The normalized spacial score (nSPS) is 12.3. The highest BCUT2D eigenvalue weighted by molar-refractivity contribution is 5.60. The molecule has 6 nitrogen and oxygen atoms in total. The Kier molecular flexibility index (Phi) is 4.25. The average molecular weight is 247 g/mol. The van der Waals surface area contributed by atoms with Crippen molar-refractivity contribution in [2.75, 3.05) is 18.5 Å². The molecule has 96 valence electrons. The van der Waals surface area contributed by atoms with Crippen molar-refractivity contribution in [3.8, 4) is 5.69 Å². The van der Waals surface area contributed by atoms with Crippen LogP contribution < -0.4 is 5.32 Å². The van der Waals surface area contributed by atoms with E-state index in [1.807, 2.05) is 31.2 Å². The molecule has 1 aromatic heterocycles. The SMILES string of the molecule is CCOCC(C)Nc1ccccc1-n1cnnn1. The summed E-state index contributed by atoms with van der Waals surface area (Å²) >= 11 is 0. The lowest BCUT2D eigenvalue weighted by Gasteiger charge is -2.17. The highest BCUT2D eigenvalue weighted by Gasteiger charge is 2.08. The van der Waals surface area contributed by atoms with Crippen LogP contribution in [0.3, 0.4) is 0 Å². The predicted octanol–water partition coefficient (Wildman–Crippen LogP) is 1.50. The summed E-state index contributed by atoms with van der Waals surface area (Å²) in [4.78, 5) is 0. The van der Waals surface area contributed by atoms with E-state index in [0.29, 0.717) is 6.61 Å². The number of benzene rings is 1. The van der Waals surface area contributed by atoms with Gasteiger partial charge < -0.3 is 10.1 Å². The highest BCUT2D eigenvalue weighted by atomic mass is 16.5. The van der Waals surface area contributed by atoms with Crippen LogP contribution in [0.1, 0.15) is 13.8 Å². The van der Waals surface area contributed by atoms with E-state index in [1.54, 1.807) is 11.0 Å². The first-order chi connectivity index (χ1) is 8.81. The topological polar surface area (TPSA) is 64.9 Å². The minimum atomic E-state index is 0.225. The first-order valence-corrected chi connectivity index (χ1v) is 5.98. The van der Waals surface area contributed by atoms with E-state index in [1.165, 1.54) is 0 Å². The molecule has 1 N–H and O–H groups in total. The number of aromatic nitrogens is 4. The summed E-state index contributed by atoms with van der Waals surface area (Å²) in [5.74, 6) is 0. The second kappa shape index (κ2) is 6.11. The van der Waals surface area contributed by atoms with Gasteiger partial charge in [-0.25, -0.2) is 0 Å². The minimum Gasteiger partial charge on any atom is -0.380 e. The number of tetrazole rings is 1. The van der Waals surface area contributed by atoms with Crippen molar-refractivity contribution < 1.29 is 4.74 Å². The molecule has 1 unspecified atom stereocenters. The lowest BCUT2D eigenvalue weighted by molar-refractivity contribution is 0.141. The molecular formula is C12H17N5O. The van der Waals surface area contributed by atoms with Crippen molar-refractivity contribution in [2.45, 2.75) is 19.9 Å². The average Bonchev–Trinajstić information content (AvgIpc) is 2.91. The van der Waals surface area contributed by atoms with Crippen LogP contribution in [0.25, 0.3) is 5.69 Å². The van der Waals surface area contributed by atoms with Gasteiger partial charge in [-0.1, -0.05) is 12.1 Å². The number of hydrogen-bond donors (Lipinski definition) is 1. The number of para-hydroxylation sites is 2. The number of nitrogens with zero attached hydrogens (tertiary/aromatic N) is 4. The van der Waals surface area contributed by atoms with Gasteiger partial charge in [-0.15, -0.1) is 5.10 Å². The third kappa shape index (κ3) is 3.04. The van der Waals surface area contributed by atoms with Gasteiger partial charge in [-0.3, -0.25) is 0 Å². The fourth-order valence-electron chi connectivity index (χ4n) is 1.67. The summed E-state index contributed by atoms with van der Waals surface area (Å²) in [6.45, 7) is 5.45. The van der Waals surface area contributed by atoms with Gasteiger partial charge in [0.1, 0.15) is 6.33 Å². The molecule has 2 aromatic rings. The molecule has 0 saturated carbocycles. The number of ether oxygens (including phenoxy) is 1. The maximum Gasteiger partial charge on any atom is 0.143 e. The molecule has 2 rings (SSSR count). The van der Waals surface area contributed by atoms with Crippen LogP contribution in [0.5, 0.6) is 0 Å². The van der Waals surface area contributed by atoms with E-state index in [4.69, 9.17) is 4.74 Å². The summed E-state index contributed by atoms with van der Waals surface area (Å²) < 4.78 is 7.02. The van der Waals surface area contributed by atoms with Crippen molar-refractivity contribution in [3.05, 3.63) is 30.6 Å². The van der Waals surface area contributed by atoms with Crippen molar-refractivity contribution in [1.82, 2.24) is 20.2 Å². The van der Waals surface area contributed by atoms with Gasteiger partial charge in [0.2, 0.25) is 0 Å². The van der Waals surface area contributed by atoms with Crippen LogP contribution in [-0.4, -0.2) is 39.5 Å². The van der Waals surface area contributed by atoms with Crippen LogP contribution in [0, 0.1) is 0 Å². The zero-order valence-electron chi connectivity index (χ0n) is 10.6.